The van der Waals surface area contributed by atoms with Gasteiger partial charge >= 0.3 is 0 Å². The lowest BCUT2D eigenvalue weighted by Gasteiger charge is -2.20. The summed E-state index contributed by atoms with van der Waals surface area (Å²) in [5.41, 5.74) is 2.29. The van der Waals surface area contributed by atoms with E-state index in [4.69, 9.17) is 4.74 Å². The Balaban J connectivity index is 1.53. The van der Waals surface area contributed by atoms with E-state index in [1.54, 1.807) is 18.2 Å². The molecule has 0 saturated carbocycles. The van der Waals surface area contributed by atoms with E-state index in [1.807, 2.05) is 36.4 Å². The third kappa shape index (κ3) is 3.16. The molecule has 0 bridgehead atoms. The normalized spacial score (nSPS) is 12.6. The molecule has 4 aromatic carbocycles. The zero-order valence-corrected chi connectivity index (χ0v) is 16.5. The Labute approximate surface area is 178 Å². The maximum Gasteiger partial charge on any atom is 0.198 e. The van der Waals surface area contributed by atoms with Crippen LogP contribution in [0.2, 0.25) is 0 Å². The smallest absolute Gasteiger partial charge is 0.198 e. The van der Waals surface area contributed by atoms with Crippen LogP contribution in [0.4, 0.5) is 0 Å². The number of phenolic OH excluding ortho intramolecular Hbond substituents is 2. The van der Waals surface area contributed by atoms with Crippen molar-refractivity contribution < 1.29 is 24.5 Å². The highest BCUT2D eigenvalue weighted by molar-refractivity contribution is 6.33. The Morgan fingerprint density at radius 2 is 1.35 bits per heavy atom. The molecule has 1 aliphatic carbocycles. The van der Waals surface area contributed by atoms with Gasteiger partial charge in [-0.15, -0.1) is 0 Å². The van der Waals surface area contributed by atoms with Crippen LogP contribution >= 0.6 is 0 Å². The first kappa shape index (κ1) is 19.0. The molecule has 152 valence electrons. The van der Waals surface area contributed by atoms with E-state index in [9.17, 15) is 19.8 Å². The number of ether oxygens (including phenoxy) is 1. The van der Waals surface area contributed by atoms with Crippen LogP contribution in [-0.4, -0.2) is 21.8 Å². The summed E-state index contributed by atoms with van der Waals surface area (Å²) in [6, 6.07) is 20.9. The van der Waals surface area contributed by atoms with E-state index in [0.717, 1.165) is 11.1 Å². The first-order valence-electron chi connectivity index (χ1n) is 9.86. The van der Waals surface area contributed by atoms with Crippen molar-refractivity contribution in [1.29, 1.82) is 0 Å². The summed E-state index contributed by atoms with van der Waals surface area (Å²) in [6.45, 7) is 0.732. The molecular weight excluding hydrogens is 392 g/mol. The van der Waals surface area contributed by atoms with Crippen LogP contribution in [-0.2, 0) is 18.0 Å². The highest BCUT2D eigenvalue weighted by Crippen LogP contribution is 2.39. The third-order valence-electron chi connectivity index (χ3n) is 5.52. The Kier molecular flexibility index (Phi) is 4.53. The average Bonchev–Trinajstić information content (AvgIpc) is 2.77. The molecule has 0 aliphatic heterocycles. The first-order valence-corrected chi connectivity index (χ1v) is 9.86. The molecule has 31 heavy (non-hydrogen) atoms. The monoisotopic (exact) mass is 410 g/mol. The summed E-state index contributed by atoms with van der Waals surface area (Å²) < 4.78 is 5.76. The van der Waals surface area contributed by atoms with Crippen molar-refractivity contribution in [3.05, 3.63) is 106 Å². The molecule has 5 nitrogen and oxygen atoms in total. The Morgan fingerprint density at radius 1 is 0.645 bits per heavy atom. The summed E-state index contributed by atoms with van der Waals surface area (Å²) in [4.78, 5) is 26.1. The molecule has 5 rings (SSSR count). The number of phenols is 2. The largest absolute Gasteiger partial charge is 0.507 e. The van der Waals surface area contributed by atoms with Gasteiger partial charge in [-0.3, -0.25) is 9.59 Å². The van der Waals surface area contributed by atoms with Gasteiger partial charge in [-0.1, -0.05) is 48.5 Å². The summed E-state index contributed by atoms with van der Waals surface area (Å²) in [7, 11) is 0. The predicted octanol–water partition coefficient (Wildman–Crippen LogP) is 4.74. The fourth-order valence-electron chi connectivity index (χ4n) is 4.11. The molecule has 0 saturated heterocycles. The van der Waals surface area contributed by atoms with Gasteiger partial charge in [-0.2, -0.15) is 0 Å². The van der Waals surface area contributed by atoms with Crippen molar-refractivity contribution in [3.8, 4) is 11.5 Å². The number of fused-ring (bicyclic) bond motifs is 4. The Bertz CT molecular complexity index is 1360. The van der Waals surface area contributed by atoms with Crippen molar-refractivity contribution in [3.63, 3.8) is 0 Å². The molecule has 1 aliphatic rings. The second-order valence-electron chi connectivity index (χ2n) is 7.54. The molecule has 0 unspecified atom stereocenters. The SMILES string of the molecule is O=C1c2ccc3cc(COCc4ccccc4)cc(O)c3c2C(=O)c2cccc(O)c21. The lowest BCUT2D eigenvalue weighted by Crippen LogP contribution is -2.21. The van der Waals surface area contributed by atoms with Crippen LogP contribution in [0.3, 0.4) is 0 Å². The highest BCUT2D eigenvalue weighted by Gasteiger charge is 2.33. The van der Waals surface area contributed by atoms with Gasteiger partial charge in [-0.25, -0.2) is 0 Å². The summed E-state index contributed by atoms with van der Waals surface area (Å²) in [5, 5.41) is 21.8. The molecule has 5 heteroatoms. The molecule has 0 heterocycles. The molecule has 2 N–H and O–H groups in total. The second kappa shape index (κ2) is 7.38. The zero-order valence-electron chi connectivity index (χ0n) is 16.5. The van der Waals surface area contributed by atoms with Gasteiger partial charge in [0, 0.05) is 22.1 Å². The van der Waals surface area contributed by atoms with Crippen LogP contribution < -0.4 is 0 Å². The van der Waals surface area contributed by atoms with Gasteiger partial charge in [0.1, 0.15) is 11.5 Å². The standard InChI is InChI=1S/C26H18O5/c27-20-8-4-7-18-23(20)25(29)19-10-9-17-11-16(12-21(28)22(17)24(19)26(18)30)14-31-13-15-5-2-1-3-6-15/h1-12,27-28H,13-14H2. The molecule has 0 amide bonds. The molecule has 0 aromatic heterocycles. The minimum atomic E-state index is -0.431. The number of carbonyl (C=O) groups excluding carboxylic acids is 2. The first-order chi connectivity index (χ1) is 15.0. The van der Waals surface area contributed by atoms with Gasteiger partial charge in [0.15, 0.2) is 11.6 Å². The molecule has 0 radical (unpaired) electrons. The number of rotatable bonds is 4. The maximum atomic E-state index is 13.2. The van der Waals surface area contributed by atoms with Crippen LogP contribution in [0.1, 0.15) is 43.0 Å². The highest BCUT2D eigenvalue weighted by atomic mass is 16.5. The Morgan fingerprint density at radius 3 is 2.16 bits per heavy atom. The Hall–Kier alpha value is -3.96. The predicted molar refractivity (Wildman–Crippen MR) is 116 cm³/mol. The quantitative estimate of drug-likeness (QED) is 0.447. The fourth-order valence-corrected chi connectivity index (χ4v) is 4.11. The second-order valence-corrected chi connectivity index (χ2v) is 7.54. The number of ketones is 2. The van der Waals surface area contributed by atoms with Crippen LogP contribution in [0.15, 0.2) is 72.8 Å². The summed E-state index contributed by atoms with van der Waals surface area (Å²) >= 11 is 0. The van der Waals surface area contributed by atoms with Gasteiger partial charge < -0.3 is 14.9 Å². The van der Waals surface area contributed by atoms with Crippen LogP contribution in [0, 0.1) is 0 Å². The molecule has 0 spiro atoms. The number of aromatic hydroxyl groups is 2. The van der Waals surface area contributed by atoms with E-state index in [2.05, 4.69) is 0 Å². The molecular formula is C26H18O5. The van der Waals surface area contributed by atoms with E-state index < -0.39 is 11.6 Å². The lowest BCUT2D eigenvalue weighted by atomic mass is 9.81. The summed E-state index contributed by atoms with van der Waals surface area (Å²) in [5.74, 6) is -1.14. The van der Waals surface area contributed by atoms with E-state index in [0.29, 0.717) is 24.0 Å². The average molecular weight is 410 g/mol. The number of carbonyl (C=O) groups is 2. The number of hydrogen-bond donors (Lipinski definition) is 2. The van der Waals surface area contributed by atoms with Crippen molar-refractivity contribution >= 4 is 22.3 Å². The van der Waals surface area contributed by atoms with E-state index in [1.165, 1.54) is 18.2 Å². The third-order valence-corrected chi connectivity index (χ3v) is 5.52. The minimum absolute atomic E-state index is 0.00442. The van der Waals surface area contributed by atoms with E-state index >= 15 is 0 Å². The minimum Gasteiger partial charge on any atom is -0.507 e. The van der Waals surface area contributed by atoms with E-state index in [-0.39, 0.29) is 33.8 Å². The lowest BCUT2D eigenvalue weighted by molar-refractivity contribution is 0.0978. The van der Waals surface area contributed by atoms with Crippen molar-refractivity contribution in [1.82, 2.24) is 0 Å². The van der Waals surface area contributed by atoms with Gasteiger partial charge in [-0.05, 0) is 40.8 Å². The van der Waals surface area contributed by atoms with Gasteiger partial charge in [0.2, 0.25) is 0 Å². The van der Waals surface area contributed by atoms with Crippen molar-refractivity contribution in [2.75, 3.05) is 0 Å². The zero-order chi connectivity index (χ0) is 21.5. The fraction of sp³-hybridized carbons (Fsp3) is 0.0769. The van der Waals surface area contributed by atoms with Gasteiger partial charge in [0.25, 0.3) is 0 Å². The maximum absolute atomic E-state index is 13.2. The number of hydrogen-bond acceptors (Lipinski definition) is 5. The molecule has 0 atom stereocenters. The van der Waals surface area contributed by atoms with Crippen molar-refractivity contribution in [2.45, 2.75) is 13.2 Å². The van der Waals surface area contributed by atoms with Gasteiger partial charge in [0.05, 0.1) is 18.8 Å². The van der Waals surface area contributed by atoms with Crippen LogP contribution in [0.25, 0.3) is 10.8 Å². The molecule has 0 fully saturated rings. The van der Waals surface area contributed by atoms with Crippen LogP contribution in [0.5, 0.6) is 11.5 Å². The molecule has 4 aromatic rings. The van der Waals surface area contributed by atoms with Crippen molar-refractivity contribution in [2.24, 2.45) is 0 Å². The summed E-state index contributed by atoms with van der Waals surface area (Å²) in [6.07, 6.45) is 0. The topological polar surface area (TPSA) is 83.8 Å². The number of benzene rings is 4.